The van der Waals surface area contributed by atoms with Gasteiger partial charge in [0, 0.05) is 36.8 Å². The normalized spacial score (nSPS) is 16.9. The van der Waals surface area contributed by atoms with Crippen LogP contribution in [0.1, 0.15) is 32.3 Å². The van der Waals surface area contributed by atoms with Crippen molar-refractivity contribution in [3.63, 3.8) is 0 Å². The lowest BCUT2D eigenvalue weighted by molar-refractivity contribution is 0.245. The molecule has 1 aromatic carbocycles. The second-order valence-electron chi connectivity index (χ2n) is 7.49. The fourth-order valence-electron chi connectivity index (χ4n) is 3.52. The van der Waals surface area contributed by atoms with E-state index in [2.05, 4.69) is 40.8 Å². The molecule has 0 saturated carbocycles. The number of aromatic amines is 1. The van der Waals surface area contributed by atoms with Crippen LogP contribution in [-0.4, -0.2) is 46.6 Å². The van der Waals surface area contributed by atoms with E-state index in [0.29, 0.717) is 10.8 Å². The summed E-state index contributed by atoms with van der Waals surface area (Å²) < 4.78 is 0. The van der Waals surface area contributed by atoms with Gasteiger partial charge in [0.05, 0.1) is 16.4 Å². The van der Waals surface area contributed by atoms with Crippen LogP contribution in [0.5, 0.6) is 0 Å². The smallest absolute Gasteiger partial charge is 0.179 e. The summed E-state index contributed by atoms with van der Waals surface area (Å²) in [5.74, 6) is 1.51. The summed E-state index contributed by atoms with van der Waals surface area (Å²) in [7, 11) is 1.86. The largest absolute Gasteiger partial charge is 0.387 e. The van der Waals surface area contributed by atoms with E-state index in [1.54, 1.807) is 6.08 Å². The van der Waals surface area contributed by atoms with Crippen LogP contribution in [0, 0.1) is 0 Å². The number of halogens is 1. The molecule has 0 spiro atoms. The maximum Gasteiger partial charge on any atom is 0.179 e. The van der Waals surface area contributed by atoms with Crippen LogP contribution in [0.4, 0.5) is 11.5 Å². The Balaban J connectivity index is 1.96. The average molecular weight is 401 g/mol. The number of rotatable bonds is 5. The minimum Gasteiger partial charge on any atom is -0.387 e. The van der Waals surface area contributed by atoms with Gasteiger partial charge >= 0.3 is 0 Å². The number of piperidine rings is 1. The van der Waals surface area contributed by atoms with Gasteiger partial charge in [-0.2, -0.15) is 5.10 Å². The molecule has 1 aliphatic rings. The topological polar surface area (TPSA) is 82.3 Å². The lowest BCUT2D eigenvalue weighted by Crippen LogP contribution is -2.49. The van der Waals surface area contributed by atoms with E-state index >= 15 is 0 Å². The van der Waals surface area contributed by atoms with Crippen molar-refractivity contribution in [1.82, 2.24) is 15.1 Å². The summed E-state index contributed by atoms with van der Waals surface area (Å²) in [5.41, 5.74) is 9.89. The highest BCUT2D eigenvalue weighted by atomic mass is 35.5. The first kappa shape index (κ1) is 20.4. The molecule has 2 aromatic rings. The molecule has 3 rings (SSSR count). The molecule has 0 amide bonds. The summed E-state index contributed by atoms with van der Waals surface area (Å²) in [4.78, 5) is 7.05. The zero-order valence-electron chi connectivity index (χ0n) is 16.8. The van der Waals surface area contributed by atoms with Crippen LogP contribution >= 0.6 is 11.6 Å². The van der Waals surface area contributed by atoms with Gasteiger partial charge in [0.15, 0.2) is 5.82 Å². The molecular formula is C21H29ClN6. The van der Waals surface area contributed by atoms with Crippen molar-refractivity contribution in [3.05, 3.63) is 41.4 Å². The highest BCUT2D eigenvalue weighted by Gasteiger charge is 2.27. The monoisotopic (exact) mass is 400 g/mol. The van der Waals surface area contributed by atoms with E-state index in [0.717, 1.165) is 60.7 Å². The summed E-state index contributed by atoms with van der Waals surface area (Å²) in [6.45, 7) is 9.89. The van der Waals surface area contributed by atoms with E-state index < -0.39 is 0 Å². The Kier molecular flexibility index (Phi) is 6.10. The SMILES string of the molecule is C=CC(=Nc1n[nH]c(-c2cccc(NC)c2Cl)c1CC)N1CCC(C)(N)CC1. The average Bonchev–Trinajstić information content (AvgIpc) is 3.09. The van der Waals surface area contributed by atoms with Crippen molar-refractivity contribution < 1.29 is 0 Å². The van der Waals surface area contributed by atoms with Gasteiger partial charge in [-0.1, -0.05) is 37.2 Å². The molecule has 0 aliphatic carbocycles. The van der Waals surface area contributed by atoms with Crippen molar-refractivity contribution in [2.75, 3.05) is 25.5 Å². The number of anilines is 1. The van der Waals surface area contributed by atoms with E-state index in [-0.39, 0.29) is 5.54 Å². The number of nitrogens with two attached hydrogens (primary N) is 1. The van der Waals surface area contributed by atoms with Crippen molar-refractivity contribution in [1.29, 1.82) is 0 Å². The number of hydrogen-bond donors (Lipinski definition) is 3. The first-order valence-electron chi connectivity index (χ1n) is 9.69. The number of aliphatic imine (C=N–C) groups is 1. The molecule has 0 atom stereocenters. The molecule has 0 radical (unpaired) electrons. The second kappa shape index (κ2) is 8.37. The predicted octanol–water partition coefficient (Wildman–Crippen LogP) is 4.36. The molecule has 28 heavy (non-hydrogen) atoms. The van der Waals surface area contributed by atoms with E-state index in [1.165, 1.54) is 0 Å². The fourth-order valence-corrected chi connectivity index (χ4v) is 3.84. The second-order valence-corrected chi connectivity index (χ2v) is 7.86. The third-order valence-corrected chi connectivity index (χ3v) is 5.78. The zero-order valence-corrected chi connectivity index (χ0v) is 17.6. The Labute approximate surface area is 171 Å². The molecule has 1 saturated heterocycles. The van der Waals surface area contributed by atoms with Crippen molar-refractivity contribution in [2.24, 2.45) is 10.7 Å². The minimum atomic E-state index is -0.105. The zero-order chi connectivity index (χ0) is 20.3. The summed E-state index contributed by atoms with van der Waals surface area (Å²) >= 11 is 6.58. The maximum absolute atomic E-state index is 6.58. The first-order chi connectivity index (χ1) is 13.4. The lowest BCUT2D eigenvalue weighted by atomic mass is 9.91. The van der Waals surface area contributed by atoms with Gasteiger partial charge in [0.2, 0.25) is 0 Å². The van der Waals surface area contributed by atoms with Gasteiger partial charge in [-0.3, -0.25) is 5.10 Å². The Morgan fingerprint density at radius 2 is 2.18 bits per heavy atom. The minimum absolute atomic E-state index is 0.105. The van der Waals surface area contributed by atoms with Crippen LogP contribution in [0.3, 0.4) is 0 Å². The number of nitrogens with one attached hydrogen (secondary N) is 2. The Bertz CT molecular complexity index is 873. The number of H-pyrrole nitrogens is 1. The predicted molar refractivity (Wildman–Crippen MR) is 119 cm³/mol. The van der Waals surface area contributed by atoms with Gasteiger partial charge in [-0.25, -0.2) is 4.99 Å². The third kappa shape index (κ3) is 4.08. The van der Waals surface area contributed by atoms with Gasteiger partial charge in [-0.15, -0.1) is 0 Å². The van der Waals surface area contributed by atoms with Gasteiger partial charge in [0.25, 0.3) is 0 Å². The number of likely N-dealkylation sites (tertiary alicyclic amines) is 1. The standard InChI is InChI=1S/C21H29ClN6/c1-5-14-19(15-8-7-9-16(24-4)18(15)22)26-27-20(14)25-17(6-2)28-12-10-21(3,23)11-13-28/h6-9,24H,2,5,10-13,23H2,1,3-4H3,(H,26,27). The van der Waals surface area contributed by atoms with Crippen LogP contribution in [-0.2, 0) is 6.42 Å². The number of nitrogens with zero attached hydrogens (tertiary/aromatic N) is 3. The lowest BCUT2D eigenvalue weighted by Gasteiger charge is -2.37. The highest BCUT2D eigenvalue weighted by Crippen LogP contribution is 2.37. The Hall–Kier alpha value is -2.31. The Morgan fingerprint density at radius 1 is 1.46 bits per heavy atom. The molecule has 4 N–H and O–H groups in total. The molecular weight excluding hydrogens is 372 g/mol. The Morgan fingerprint density at radius 3 is 2.79 bits per heavy atom. The summed E-state index contributed by atoms with van der Waals surface area (Å²) in [6.07, 6.45) is 4.44. The molecule has 1 aromatic heterocycles. The molecule has 0 bridgehead atoms. The first-order valence-corrected chi connectivity index (χ1v) is 10.1. The van der Waals surface area contributed by atoms with Crippen LogP contribution in [0.2, 0.25) is 5.02 Å². The quantitative estimate of drug-likeness (QED) is 0.514. The number of benzene rings is 1. The number of amidine groups is 1. The van der Waals surface area contributed by atoms with E-state index in [9.17, 15) is 0 Å². The van der Waals surface area contributed by atoms with Gasteiger partial charge in [0.1, 0.15) is 5.84 Å². The number of hydrogen-bond acceptors (Lipinski definition) is 4. The van der Waals surface area contributed by atoms with Crippen LogP contribution < -0.4 is 11.1 Å². The number of aromatic nitrogens is 2. The molecule has 1 fully saturated rings. The third-order valence-electron chi connectivity index (χ3n) is 5.37. The molecule has 1 aliphatic heterocycles. The van der Waals surface area contributed by atoms with Crippen LogP contribution in [0.25, 0.3) is 11.3 Å². The molecule has 0 unspecified atom stereocenters. The van der Waals surface area contributed by atoms with E-state index in [4.69, 9.17) is 22.3 Å². The fraction of sp³-hybridized carbons (Fsp3) is 0.429. The highest BCUT2D eigenvalue weighted by molar-refractivity contribution is 6.36. The summed E-state index contributed by atoms with van der Waals surface area (Å²) in [5, 5.41) is 11.4. The summed E-state index contributed by atoms with van der Waals surface area (Å²) in [6, 6.07) is 5.91. The molecule has 2 heterocycles. The van der Waals surface area contributed by atoms with Gasteiger partial charge in [-0.05, 0) is 38.3 Å². The van der Waals surface area contributed by atoms with Crippen LogP contribution in [0.15, 0.2) is 35.8 Å². The van der Waals surface area contributed by atoms with Crippen molar-refractivity contribution in [2.45, 2.75) is 38.6 Å². The van der Waals surface area contributed by atoms with Crippen molar-refractivity contribution >= 4 is 28.9 Å². The van der Waals surface area contributed by atoms with E-state index in [1.807, 2.05) is 25.2 Å². The van der Waals surface area contributed by atoms with Crippen molar-refractivity contribution in [3.8, 4) is 11.3 Å². The maximum atomic E-state index is 6.58. The molecule has 6 nitrogen and oxygen atoms in total. The molecule has 7 heteroatoms. The molecule has 150 valence electrons. The van der Waals surface area contributed by atoms with Gasteiger partial charge < -0.3 is 16.0 Å².